The number of methoxy groups -OCH3 is 1. The van der Waals surface area contributed by atoms with E-state index in [4.69, 9.17) is 18.9 Å². The quantitative estimate of drug-likeness (QED) is 0.159. The number of aliphatic hydroxyl groups excluding tert-OH is 1. The summed E-state index contributed by atoms with van der Waals surface area (Å²) < 4.78 is 22.7. The third-order valence-electron chi connectivity index (χ3n) is 7.01. The molecular weight excluding hydrogens is 420 g/mol. The van der Waals surface area contributed by atoms with Gasteiger partial charge in [0.1, 0.15) is 6.79 Å². The molecule has 1 aliphatic rings. The molecule has 33 heavy (non-hydrogen) atoms. The van der Waals surface area contributed by atoms with Gasteiger partial charge in [0.2, 0.25) is 0 Å². The highest BCUT2D eigenvalue weighted by atomic mass is 16.7. The number of carbonyl (C=O) groups excluding carboxylic acids is 1. The van der Waals surface area contributed by atoms with E-state index in [0.29, 0.717) is 26.2 Å². The van der Waals surface area contributed by atoms with Crippen LogP contribution in [0.15, 0.2) is 53.6 Å². The average Bonchev–Trinajstić information content (AvgIpc) is 2.82. The SMILES string of the molecule is CCOC(=O)/C=C/[C@@H]1/C(=C(/C)CO)CC[C@](C)(OCOC)[C@@]1(C)CCOCc1ccccc1. The Hall–Kier alpha value is -1.99. The molecule has 184 valence electrons. The number of ether oxygens (including phenoxy) is 4. The maximum Gasteiger partial charge on any atom is 0.330 e. The Bertz CT molecular complexity index is 802. The molecule has 0 aromatic heterocycles. The normalized spacial score (nSPS) is 27.0. The number of hydrogen-bond acceptors (Lipinski definition) is 6. The third-order valence-corrected chi connectivity index (χ3v) is 7.01. The van der Waals surface area contributed by atoms with Gasteiger partial charge in [-0.15, -0.1) is 0 Å². The van der Waals surface area contributed by atoms with Crippen molar-refractivity contribution in [3.05, 3.63) is 59.2 Å². The Morgan fingerprint density at radius 3 is 2.61 bits per heavy atom. The van der Waals surface area contributed by atoms with E-state index in [1.807, 2.05) is 43.3 Å². The standard InChI is InChI=1S/C27H40O6/c1-6-32-25(29)13-12-24-23(21(2)18-28)14-15-27(4,33-20-30-5)26(24,3)16-17-31-19-22-10-8-7-9-11-22/h7-13,24,28H,6,14-20H2,1-5H3/b13-12+,23-21-/t24-,26+,27+/m1/s1. The number of hydrogen-bond donors (Lipinski definition) is 1. The topological polar surface area (TPSA) is 74.2 Å². The fourth-order valence-electron chi connectivity index (χ4n) is 4.70. The molecule has 1 aliphatic carbocycles. The van der Waals surface area contributed by atoms with E-state index >= 15 is 0 Å². The van der Waals surface area contributed by atoms with E-state index in [0.717, 1.165) is 29.6 Å². The molecule has 0 aliphatic heterocycles. The smallest absolute Gasteiger partial charge is 0.330 e. The lowest BCUT2D eigenvalue weighted by atomic mass is 9.55. The number of carbonyl (C=O) groups is 1. The lowest BCUT2D eigenvalue weighted by molar-refractivity contribution is -0.199. The van der Waals surface area contributed by atoms with Crippen LogP contribution < -0.4 is 0 Å². The van der Waals surface area contributed by atoms with Crippen LogP contribution in [-0.4, -0.2) is 50.4 Å². The Morgan fingerprint density at radius 2 is 1.97 bits per heavy atom. The van der Waals surface area contributed by atoms with Crippen molar-refractivity contribution in [3.8, 4) is 0 Å². The summed E-state index contributed by atoms with van der Waals surface area (Å²) >= 11 is 0. The molecule has 1 aromatic carbocycles. The lowest BCUT2D eigenvalue weighted by Crippen LogP contribution is -2.54. The fourth-order valence-corrected chi connectivity index (χ4v) is 4.70. The Balaban J connectivity index is 2.35. The monoisotopic (exact) mass is 460 g/mol. The Morgan fingerprint density at radius 1 is 1.24 bits per heavy atom. The van der Waals surface area contributed by atoms with Gasteiger partial charge in [-0.1, -0.05) is 48.9 Å². The van der Waals surface area contributed by atoms with Crippen molar-refractivity contribution in [2.24, 2.45) is 11.3 Å². The molecular formula is C27H40O6. The first-order valence-corrected chi connectivity index (χ1v) is 11.7. The third kappa shape index (κ3) is 7.00. The summed E-state index contributed by atoms with van der Waals surface area (Å²) in [6, 6.07) is 10.1. The molecule has 6 heteroatoms. The molecule has 1 saturated carbocycles. The van der Waals surface area contributed by atoms with Crippen molar-refractivity contribution in [3.63, 3.8) is 0 Å². The van der Waals surface area contributed by atoms with Crippen LogP contribution >= 0.6 is 0 Å². The van der Waals surface area contributed by atoms with Gasteiger partial charge in [-0.25, -0.2) is 4.79 Å². The van der Waals surface area contributed by atoms with Crippen molar-refractivity contribution in [1.82, 2.24) is 0 Å². The molecule has 0 spiro atoms. The van der Waals surface area contributed by atoms with Gasteiger partial charge < -0.3 is 24.1 Å². The van der Waals surface area contributed by atoms with Crippen LogP contribution in [0.25, 0.3) is 0 Å². The van der Waals surface area contributed by atoms with Gasteiger partial charge in [-0.2, -0.15) is 0 Å². The molecule has 0 bridgehead atoms. The minimum Gasteiger partial charge on any atom is -0.463 e. The molecule has 0 radical (unpaired) electrons. The molecule has 1 N–H and O–H groups in total. The van der Waals surface area contributed by atoms with Gasteiger partial charge >= 0.3 is 5.97 Å². The van der Waals surface area contributed by atoms with E-state index in [9.17, 15) is 9.90 Å². The highest BCUT2D eigenvalue weighted by Crippen LogP contribution is 2.55. The van der Waals surface area contributed by atoms with E-state index in [-0.39, 0.29) is 25.3 Å². The molecule has 6 nitrogen and oxygen atoms in total. The Kier molecular flexibility index (Phi) is 10.8. The summed E-state index contributed by atoms with van der Waals surface area (Å²) in [4.78, 5) is 12.1. The average molecular weight is 461 g/mol. The van der Waals surface area contributed by atoms with E-state index in [2.05, 4.69) is 13.8 Å². The van der Waals surface area contributed by atoms with Crippen LogP contribution in [0, 0.1) is 11.3 Å². The van der Waals surface area contributed by atoms with Crippen molar-refractivity contribution < 1.29 is 28.8 Å². The number of aliphatic hydroxyl groups is 1. The molecule has 2 rings (SSSR count). The highest BCUT2D eigenvalue weighted by molar-refractivity contribution is 5.82. The van der Waals surface area contributed by atoms with Gasteiger partial charge in [-0.3, -0.25) is 0 Å². The molecule has 0 amide bonds. The Labute approximate surface area is 198 Å². The summed E-state index contributed by atoms with van der Waals surface area (Å²) in [6.45, 7) is 9.59. The van der Waals surface area contributed by atoms with E-state index in [1.165, 1.54) is 6.08 Å². The van der Waals surface area contributed by atoms with Crippen LogP contribution in [0.1, 0.15) is 52.5 Å². The number of benzene rings is 1. The second kappa shape index (κ2) is 13.0. The largest absolute Gasteiger partial charge is 0.463 e. The zero-order valence-corrected chi connectivity index (χ0v) is 20.8. The van der Waals surface area contributed by atoms with Crippen LogP contribution in [-0.2, 0) is 30.3 Å². The van der Waals surface area contributed by atoms with Crippen LogP contribution in [0.3, 0.4) is 0 Å². The van der Waals surface area contributed by atoms with E-state index in [1.54, 1.807) is 14.0 Å². The molecule has 0 saturated heterocycles. The van der Waals surface area contributed by atoms with Crippen LogP contribution in [0.2, 0.25) is 0 Å². The predicted octanol–water partition coefficient (Wildman–Crippen LogP) is 4.82. The lowest BCUT2D eigenvalue weighted by Gasteiger charge is -2.54. The first-order chi connectivity index (χ1) is 15.8. The minimum atomic E-state index is -0.512. The van der Waals surface area contributed by atoms with Crippen molar-refractivity contribution >= 4 is 5.97 Å². The van der Waals surface area contributed by atoms with Crippen molar-refractivity contribution in [2.75, 3.05) is 33.7 Å². The van der Waals surface area contributed by atoms with Crippen molar-refractivity contribution in [1.29, 1.82) is 0 Å². The summed E-state index contributed by atoms with van der Waals surface area (Å²) in [6.07, 6.45) is 5.67. The first-order valence-electron chi connectivity index (χ1n) is 11.7. The van der Waals surface area contributed by atoms with Crippen LogP contribution in [0.5, 0.6) is 0 Å². The van der Waals surface area contributed by atoms with E-state index < -0.39 is 11.0 Å². The number of allylic oxidation sites excluding steroid dienone is 2. The van der Waals surface area contributed by atoms with Gasteiger partial charge in [0.05, 0.1) is 25.4 Å². The summed E-state index contributed by atoms with van der Waals surface area (Å²) in [5, 5.41) is 9.90. The second-order valence-corrected chi connectivity index (χ2v) is 9.04. The summed E-state index contributed by atoms with van der Waals surface area (Å²) in [5.41, 5.74) is 2.28. The summed E-state index contributed by atoms with van der Waals surface area (Å²) in [7, 11) is 1.62. The minimum absolute atomic E-state index is 0.0185. The number of esters is 1. The summed E-state index contributed by atoms with van der Waals surface area (Å²) in [5.74, 6) is -0.490. The molecule has 3 atom stereocenters. The fraction of sp³-hybridized carbons (Fsp3) is 0.593. The predicted molar refractivity (Wildman–Crippen MR) is 128 cm³/mol. The molecule has 1 fully saturated rings. The first kappa shape index (κ1) is 27.3. The zero-order chi connectivity index (χ0) is 24.3. The number of rotatable bonds is 12. The second-order valence-electron chi connectivity index (χ2n) is 9.04. The zero-order valence-electron chi connectivity index (χ0n) is 20.8. The molecule has 1 aromatic rings. The van der Waals surface area contributed by atoms with Gasteiger partial charge in [0, 0.05) is 31.1 Å². The maximum absolute atomic E-state index is 12.1. The van der Waals surface area contributed by atoms with Gasteiger partial charge in [0.15, 0.2) is 0 Å². The molecule has 0 unspecified atom stereocenters. The van der Waals surface area contributed by atoms with Crippen molar-refractivity contribution in [2.45, 2.75) is 59.2 Å². The highest BCUT2D eigenvalue weighted by Gasteiger charge is 2.53. The van der Waals surface area contributed by atoms with Gasteiger partial charge in [-0.05, 0) is 51.2 Å². The maximum atomic E-state index is 12.1. The van der Waals surface area contributed by atoms with Crippen LogP contribution in [0.4, 0.5) is 0 Å². The molecule has 0 heterocycles. The van der Waals surface area contributed by atoms with Gasteiger partial charge in [0.25, 0.3) is 0 Å².